The van der Waals surface area contributed by atoms with Crippen LogP contribution in [-0.2, 0) is 6.42 Å². The number of hydrogen-bond donors (Lipinski definition) is 2. The maximum absolute atomic E-state index is 3.50. The Labute approximate surface area is 112 Å². The normalized spacial score (nSPS) is 11.8. The molecule has 0 bridgehead atoms. The van der Waals surface area contributed by atoms with Crippen LogP contribution in [0.25, 0.3) is 0 Å². The van der Waals surface area contributed by atoms with E-state index in [4.69, 9.17) is 0 Å². The van der Waals surface area contributed by atoms with Gasteiger partial charge in [0.05, 0.1) is 0 Å². The average Bonchev–Trinajstić information content (AvgIpc) is 2.29. The molecule has 0 amide bonds. The summed E-state index contributed by atoms with van der Waals surface area (Å²) >= 11 is 0. The van der Waals surface area contributed by atoms with E-state index in [1.807, 2.05) is 0 Å². The summed E-state index contributed by atoms with van der Waals surface area (Å²) in [7, 11) is 0. The molecule has 2 N–H and O–H groups in total. The van der Waals surface area contributed by atoms with Gasteiger partial charge in [-0.3, -0.25) is 0 Å². The van der Waals surface area contributed by atoms with Crippen molar-refractivity contribution >= 4 is 0 Å². The van der Waals surface area contributed by atoms with Crippen LogP contribution in [0, 0.1) is 6.92 Å². The molecule has 0 aliphatic heterocycles. The van der Waals surface area contributed by atoms with Crippen molar-refractivity contribution in [2.24, 2.45) is 0 Å². The minimum Gasteiger partial charge on any atom is -0.316 e. The summed E-state index contributed by atoms with van der Waals surface area (Å²) in [5.41, 5.74) is 2.99. The molecule has 0 spiro atoms. The van der Waals surface area contributed by atoms with Gasteiger partial charge in [0.2, 0.25) is 0 Å². The topological polar surface area (TPSA) is 24.1 Å². The highest BCUT2D eigenvalue weighted by atomic mass is 14.9. The Morgan fingerprint density at radius 2 is 1.61 bits per heavy atom. The van der Waals surface area contributed by atoms with Crippen molar-refractivity contribution in [2.45, 2.75) is 46.1 Å². The quantitative estimate of drug-likeness (QED) is 0.725. The van der Waals surface area contributed by atoms with Crippen LogP contribution in [0.4, 0.5) is 0 Å². The zero-order chi connectivity index (χ0) is 13.4. The molecular formula is C16H28N2. The van der Waals surface area contributed by atoms with Crippen molar-refractivity contribution in [2.75, 3.05) is 19.6 Å². The standard InChI is InChI=1S/C16H28N2/c1-14-6-8-15(9-7-14)10-13-17-11-5-12-18-16(2,3)4/h6-9,17-18H,5,10-13H2,1-4H3. The van der Waals surface area contributed by atoms with Gasteiger partial charge in [-0.25, -0.2) is 0 Å². The first-order chi connectivity index (χ1) is 8.47. The molecule has 0 aliphatic rings. The molecule has 1 aromatic carbocycles. The third-order valence-electron chi connectivity index (χ3n) is 2.90. The molecule has 0 aromatic heterocycles. The summed E-state index contributed by atoms with van der Waals surface area (Å²) in [5, 5.41) is 6.99. The van der Waals surface area contributed by atoms with Crippen LogP contribution in [-0.4, -0.2) is 25.2 Å². The van der Waals surface area contributed by atoms with Gasteiger partial charge in [-0.2, -0.15) is 0 Å². The summed E-state index contributed by atoms with van der Waals surface area (Å²) < 4.78 is 0. The second-order valence-electron chi connectivity index (χ2n) is 6.02. The first-order valence-corrected chi connectivity index (χ1v) is 6.99. The van der Waals surface area contributed by atoms with E-state index in [0.717, 1.165) is 26.1 Å². The van der Waals surface area contributed by atoms with Gasteiger partial charge in [-0.15, -0.1) is 0 Å². The van der Waals surface area contributed by atoms with E-state index < -0.39 is 0 Å². The number of rotatable bonds is 7. The predicted molar refractivity (Wildman–Crippen MR) is 80.1 cm³/mol. The maximum atomic E-state index is 3.50. The zero-order valence-corrected chi connectivity index (χ0v) is 12.3. The Kier molecular flexibility index (Phi) is 6.37. The first-order valence-electron chi connectivity index (χ1n) is 6.99. The molecule has 102 valence electrons. The third-order valence-corrected chi connectivity index (χ3v) is 2.90. The van der Waals surface area contributed by atoms with Crippen molar-refractivity contribution < 1.29 is 0 Å². The summed E-state index contributed by atoms with van der Waals surface area (Å²) in [5.74, 6) is 0. The van der Waals surface area contributed by atoms with Gasteiger partial charge in [0, 0.05) is 5.54 Å². The van der Waals surface area contributed by atoms with Gasteiger partial charge in [0.15, 0.2) is 0 Å². The average molecular weight is 248 g/mol. The molecule has 18 heavy (non-hydrogen) atoms. The molecule has 2 nitrogen and oxygen atoms in total. The highest BCUT2D eigenvalue weighted by Crippen LogP contribution is 2.03. The van der Waals surface area contributed by atoms with Crippen LogP contribution in [0.2, 0.25) is 0 Å². The first kappa shape index (κ1) is 15.2. The highest BCUT2D eigenvalue weighted by Gasteiger charge is 2.06. The molecule has 0 fully saturated rings. The SMILES string of the molecule is Cc1ccc(CCNCCCNC(C)(C)C)cc1. The fourth-order valence-corrected chi connectivity index (χ4v) is 1.79. The van der Waals surface area contributed by atoms with Gasteiger partial charge in [-0.1, -0.05) is 29.8 Å². The second-order valence-corrected chi connectivity index (χ2v) is 6.02. The molecule has 0 radical (unpaired) electrons. The van der Waals surface area contributed by atoms with Gasteiger partial charge in [0.1, 0.15) is 0 Å². The molecular weight excluding hydrogens is 220 g/mol. The molecule has 1 rings (SSSR count). The number of benzene rings is 1. The van der Waals surface area contributed by atoms with E-state index in [1.165, 1.54) is 17.5 Å². The van der Waals surface area contributed by atoms with Crippen LogP contribution < -0.4 is 10.6 Å². The molecule has 0 saturated heterocycles. The van der Waals surface area contributed by atoms with E-state index in [9.17, 15) is 0 Å². The van der Waals surface area contributed by atoms with E-state index in [2.05, 4.69) is 62.6 Å². The maximum Gasteiger partial charge on any atom is 0.00965 e. The third kappa shape index (κ3) is 7.46. The zero-order valence-electron chi connectivity index (χ0n) is 12.3. The molecule has 0 unspecified atom stereocenters. The Hall–Kier alpha value is -0.860. The molecule has 0 aliphatic carbocycles. The van der Waals surface area contributed by atoms with E-state index in [0.29, 0.717) is 0 Å². The molecule has 0 atom stereocenters. The van der Waals surface area contributed by atoms with E-state index >= 15 is 0 Å². The molecule has 0 heterocycles. The van der Waals surface area contributed by atoms with Gasteiger partial charge >= 0.3 is 0 Å². The highest BCUT2D eigenvalue weighted by molar-refractivity contribution is 5.21. The predicted octanol–water partition coefficient (Wildman–Crippen LogP) is 2.91. The number of aryl methyl sites for hydroxylation is 1. The minimum atomic E-state index is 0.238. The van der Waals surface area contributed by atoms with Gasteiger partial charge in [0.25, 0.3) is 0 Å². The number of nitrogens with one attached hydrogen (secondary N) is 2. The molecule has 2 heteroatoms. The van der Waals surface area contributed by atoms with Crippen molar-refractivity contribution in [1.82, 2.24) is 10.6 Å². The summed E-state index contributed by atoms with van der Waals surface area (Å²) in [6.07, 6.45) is 2.30. The Balaban J connectivity index is 2.00. The van der Waals surface area contributed by atoms with Crippen molar-refractivity contribution in [3.05, 3.63) is 35.4 Å². The summed E-state index contributed by atoms with van der Waals surface area (Å²) in [4.78, 5) is 0. The van der Waals surface area contributed by atoms with Crippen LogP contribution >= 0.6 is 0 Å². The van der Waals surface area contributed by atoms with Crippen LogP contribution in [0.3, 0.4) is 0 Å². The van der Waals surface area contributed by atoms with E-state index in [1.54, 1.807) is 0 Å². The van der Waals surface area contributed by atoms with Crippen LogP contribution in [0.1, 0.15) is 38.3 Å². The largest absolute Gasteiger partial charge is 0.316 e. The van der Waals surface area contributed by atoms with Crippen molar-refractivity contribution in [1.29, 1.82) is 0 Å². The lowest BCUT2D eigenvalue weighted by Gasteiger charge is -2.20. The fourth-order valence-electron chi connectivity index (χ4n) is 1.79. The monoisotopic (exact) mass is 248 g/mol. The lowest BCUT2D eigenvalue weighted by atomic mass is 10.1. The summed E-state index contributed by atoms with van der Waals surface area (Å²) in [6, 6.07) is 8.81. The Bertz CT molecular complexity index is 322. The lowest BCUT2D eigenvalue weighted by molar-refractivity contribution is 0.419. The lowest BCUT2D eigenvalue weighted by Crippen LogP contribution is -2.37. The smallest absolute Gasteiger partial charge is 0.00965 e. The summed E-state index contributed by atoms with van der Waals surface area (Å²) in [6.45, 7) is 12.0. The second kappa shape index (κ2) is 7.55. The molecule has 1 aromatic rings. The van der Waals surface area contributed by atoms with Crippen molar-refractivity contribution in [3.8, 4) is 0 Å². The van der Waals surface area contributed by atoms with Gasteiger partial charge < -0.3 is 10.6 Å². The van der Waals surface area contributed by atoms with Crippen molar-refractivity contribution in [3.63, 3.8) is 0 Å². The Morgan fingerprint density at radius 3 is 2.22 bits per heavy atom. The molecule has 0 saturated carbocycles. The van der Waals surface area contributed by atoms with Crippen LogP contribution in [0.5, 0.6) is 0 Å². The van der Waals surface area contributed by atoms with E-state index in [-0.39, 0.29) is 5.54 Å². The number of hydrogen-bond acceptors (Lipinski definition) is 2. The fraction of sp³-hybridized carbons (Fsp3) is 0.625. The van der Waals surface area contributed by atoms with Gasteiger partial charge in [-0.05, 0) is 65.7 Å². The minimum absolute atomic E-state index is 0.238. The van der Waals surface area contributed by atoms with Crippen LogP contribution in [0.15, 0.2) is 24.3 Å². The Morgan fingerprint density at radius 1 is 0.944 bits per heavy atom.